The smallest absolute Gasteiger partial charge is 0.224 e. The molecule has 2 rings (SSSR count). The summed E-state index contributed by atoms with van der Waals surface area (Å²) >= 11 is 0. The molecule has 2 N–H and O–H groups in total. The first kappa shape index (κ1) is 21.5. The first-order valence-electron chi connectivity index (χ1n) is 10.0. The largest absolute Gasteiger partial charge is 0.357 e. The van der Waals surface area contributed by atoms with Crippen LogP contribution in [0.5, 0.6) is 0 Å². The van der Waals surface area contributed by atoms with Gasteiger partial charge in [0.25, 0.3) is 0 Å². The normalized spacial score (nSPS) is 11.3. The maximum atomic E-state index is 12.1. The van der Waals surface area contributed by atoms with E-state index >= 15 is 0 Å². The molecule has 7 nitrogen and oxygen atoms in total. The number of guanidine groups is 1. The molecule has 0 saturated heterocycles. The van der Waals surface area contributed by atoms with Gasteiger partial charge in [-0.2, -0.15) is 5.10 Å². The molecule has 0 aliphatic heterocycles. The summed E-state index contributed by atoms with van der Waals surface area (Å²) in [5.41, 5.74) is 2.33. The topological polar surface area (TPSA) is 74.5 Å². The average Bonchev–Trinajstić information content (AvgIpc) is 3.20. The molecule has 28 heavy (non-hydrogen) atoms. The first-order valence-corrected chi connectivity index (χ1v) is 10.0. The third kappa shape index (κ3) is 7.06. The highest BCUT2D eigenvalue weighted by atomic mass is 16.2. The molecule has 7 heteroatoms. The van der Waals surface area contributed by atoms with E-state index in [4.69, 9.17) is 0 Å². The number of nitrogens with zero attached hydrogens (tertiary/aromatic N) is 4. The van der Waals surface area contributed by atoms with Crippen LogP contribution < -0.4 is 10.6 Å². The third-order valence-corrected chi connectivity index (χ3v) is 4.41. The minimum absolute atomic E-state index is 0.166. The number of carbonyl (C=O) groups excluding carboxylic acids is 1. The van der Waals surface area contributed by atoms with Crippen molar-refractivity contribution in [3.8, 4) is 0 Å². The van der Waals surface area contributed by atoms with Crippen LogP contribution in [-0.4, -0.2) is 52.7 Å². The first-order chi connectivity index (χ1) is 13.7. The summed E-state index contributed by atoms with van der Waals surface area (Å²) in [5, 5.41) is 10.7. The number of nitrogens with one attached hydrogen (secondary N) is 2. The lowest BCUT2D eigenvalue weighted by Gasteiger charge is -2.19. The van der Waals surface area contributed by atoms with Crippen molar-refractivity contribution in [3.63, 3.8) is 0 Å². The molecule has 2 aromatic rings. The molecule has 0 saturated carbocycles. The summed E-state index contributed by atoms with van der Waals surface area (Å²) in [6.07, 6.45) is 4.20. The predicted molar refractivity (Wildman–Crippen MR) is 113 cm³/mol. The summed E-state index contributed by atoms with van der Waals surface area (Å²) in [6.45, 7) is 10.2. The third-order valence-electron chi connectivity index (χ3n) is 4.41. The Balaban J connectivity index is 1.90. The zero-order chi connectivity index (χ0) is 20.2. The number of rotatable bonds is 10. The van der Waals surface area contributed by atoms with E-state index in [-0.39, 0.29) is 5.91 Å². The van der Waals surface area contributed by atoms with Gasteiger partial charge in [-0.3, -0.25) is 9.48 Å². The highest BCUT2D eigenvalue weighted by molar-refractivity contribution is 5.81. The van der Waals surface area contributed by atoms with Crippen LogP contribution >= 0.6 is 0 Å². The van der Waals surface area contributed by atoms with Gasteiger partial charge in [-0.25, -0.2) is 4.99 Å². The summed E-state index contributed by atoms with van der Waals surface area (Å²) in [4.78, 5) is 18.6. The van der Waals surface area contributed by atoms with Crippen LogP contribution in [0, 0.1) is 0 Å². The summed E-state index contributed by atoms with van der Waals surface area (Å²) in [5.74, 6) is 0.895. The van der Waals surface area contributed by atoms with Crippen molar-refractivity contribution < 1.29 is 4.79 Å². The maximum Gasteiger partial charge on any atom is 0.224 e. The van der Waals surface area contributed by atoms with E-state index in [0.717, 1.165) is 37.7 Å². The second kappa shape index (κ2) is 11.8. The molecule has 0 unspecified atom stereocenters. The minimum Gasteiger partial charge on any atom is -0.357 e. The van der Waals surface area contributed by atoms with Gasteiger partial charge >= 0.3 is 0 Å². The van der Waals surface area contributed by atoms with Crippen LogP contribution in [0.3, 0.4) is 0 Å². The molecule has 1 heterocycles. The Bertz CT molecular complexity index is 737. The lowest BCUT2D eigenvalue weighted by Crippen LogP contribution is -2.40. The van der Waals surface area contributed by atoms with Crippen molar-refractivity contribution in [2.24, 2.45) is 4.99 Å². The lowest BCUT2D eigenvalue weighted by molar-refractivity contribution is -0.130. The molecule has 1 aromatic carbocycles. The average molecular weight is 385 g/mol. The fraction of sp³-hybridized carbons (Fsp3) is 0.476. The number of hydrogen-bond acceptors (Lipinski definition) is 3. The predicted octanol–water partition coefficient (Wildman–Crippen LogP) is 2.25. The van der Waals surface area contributed by atoms with Gasteiger partial charge in [-0.1, -0.05) is 24.3 Å². The van der Waals surface area contributed by atoms with E-state index in [9.17, 15) is 4.79 Å². The lowest BCUT2D eigenvalue weighted by atomic mass is 10.1. The molecule has 0 bridgehead atoms. The number of amides is 1. The Morgan fingerprint density at radius 3 is 2.61 bits per heavy atom. The number of benzene rings is 1. The second-order valence-electron chi connectivity index (χ2n) is 6.46. The number of hydrogen-bond donors (Lipinski definition) is 2. The Hall–Kier alpha value is -2.83. The highest BCUT2D eigenvalue weighted by Gasteiger charge is 2.09. The molecule has 1 amide bonds. The molecule has 0 atom stereocenters. The second-order valence-corrected chi connectivity index (χ2v) is 6.46. The van der Waals surface area contributed by atoms with Gasteiger partial charge in [0.2, 0.25) is 5.91 Å². The van der Waals surface area contributed by atoms with Crippen LogP contribution in [0.15, 0.2) is 47.7 Å². The quantitative estimate of drug-likeness (QED) is 0.487. The van der Waals surface area contributed by atoms with E-state index in [2.05, 4.69) is 38.9 Å². The fourth-order valence-corrected chi connectivity index (χ4v) is 2.94. The highest BCUT2D eigenvalue weighted by Crippen LogP contribution is 2.08. The Morgan fingerprint density at radius 1 is 1.14 bits per heavy atom. The van der Waals surface area contributed by atoms with E-state index in [0.29, 0.717) is 19.5 Å². The SMILES string of the molecule is CCNC(=NCc1cccc(Cn2cccn2)c1)NCCC(=O)N(CC)CC. The van der Waals surface area contributed by atoms with Crippen LogP contribution in [0.4, 0.5) is 0 Å². The molecule has 0 fully saturated rings. The van der Waals surface area contributed by atoms with Crippen LogP contribution in [0.1, 0.15) is 38.3 Å². The molecule has 0 radical (unpaired) electrons. The number of carbonyl (C=O) groups is 1. The Labute approximate surface area is 167 Å². The van der Waals surface area contributed by atoms with Crippen molar-refractivity contribution in [1.29, 1.82) is 0 Å². The van der Waals surface area contributed by atoms with Crippen molar-refractivity contribution in [1.82, 2.24) is 25.3 Å². The van der Waals surface area contributed by atoms with Gasteiger partial charge in [-0.15, -0.1) is 0 Å². The van der Waals surface area contributed by atoms with Crippen LogP contribution in [0.25, 0.3) is 0 Å². The van der Waals surface area contributed by atoms with E-state index in [1.807, 2.05) is 48.7 Å². The van der Waals surface area contributed by atoms with Crippen molar-refractivity contribution in [2.75, 3.05) is 26.2 Å². The molecular weight excluding hydrogens is 352 g/mol. The molecule has 152 valence electrons. The van der Waals surface area contributed by atoms with Gasteiger partial charge in [0.15, 0.2) is 5.96 Å². The summed E-state index contributed by atoms with van der Waals surface area (Å²) in [6, 6.07) is 10.3. The van der Waals surface area contributed by atoms with E-state index < -0.39 is 0 Å². The Kier molecular flexibility index (Phi) is 9.04. The molecule has 1 aromatic heterocycles. The molecule has 0 aliphatic rings. The van der Waals surface area contributed by atoms with Gasteiger partial charge in [0, 0.05) is 45.0 Å². The van der Waals surface area contributed by atoms with E-state index in [1.165, 1.54) is 5.56 Å². The molecule has 0 spiro atoms. The molecule has 0 aliphatic carbocycles. The van der Waals surface area contributed by atoms with Crippen LogP contribution in [-0.2, 0) is 17.9 Å². The van der Waals surface area contributed by atoms with Gasteiger partial charge in [0.1, 0.15) is 0 Å². The van der Waals surface area contributed by atoms with Crippen LogP contribution in [0.2, 0.25) is 0 Å². The zero-order valence-corrected chi connectivity index (χ0v) is 17.2. The fourth-order valence-electron chi connectivity index (χ4n) is 2.94. The minimum atomic E-state index is 0.166. The monoisotopic (exact) mass is 384 g/mol. The Morgan fingerprint density at radius 2 is 1.93 bits per heavy atom. The zero-order valence-electron chi connectivity index (χ0n) is 17.2. The van der Waals surface area contributed by atoms with Crippen molar-refractivity contribution in [2.45, 2.75) is 40.3 Å². The van der Waals surface area contributed by atoms with Crippen molar-refractivity contribution in [3.05, 3.63) is 53.9 Å². The maximum absolute atomic E-state index is 12.1. The standard InChI is InChI=1S/C21H32N6O/c1-4-22-21(23-13-11-20(28)26(5-2)6-3)24-16-18-9-7-10-19(15-18)17-27-14-8-12-25-27/h7-10,12,14-15H,4-6,11,13,16-17H2,1-3H3,(H2,22,23,24). The summed E-state index contributed by atoms with van der Waals surface area (Å²) < 4.78 is 1.90. The van der Waals surface area contributed by atoms with Gasteiger partial charge in [0.05, 0.1) is 13.1 Å². The molecular formula is C21H32N6O. The van der Waals surface area contributed by atoms with E-state index in [1.54, 1.807) is 6.20 Å². The van der Waals surface area contributed by atoms with Crippen molar-refractivity contribution >= 4 is 11.9 Å². The van der Waals surface area contributed by atoms with Gasteiger partial charge in [-0.05, 0) is 38.0 Å². The summed E-state index contributed by atoms with van der Waals surface area (Å²) in [7, 11) is 0. The number of aliphatic imine (C=N–C) groups is 1. The van der Waals surface area contributed by atoms with Gasteiger partial charge < -0.3 is 15.5 Å². The number of aromatic nitrogens is 2.